The molecule has 0 saturated heterocycles. The summed E-state index contributed by atoms with van der Waals surface area (Å²) in [6.45, 7) is 1.88. The van der Waals surface area contributed by atoms with Crippen molar-refractivity contribution in [1.82, 2.24) is 5.32 Å². The summed E-state index contributed by atoms with van der Waals surface area (Å²) >= 11 is 0. The van der Waals surface area contributed by atoms with E-state index in [2.05, 4.69) is 17.2 Å². The molecule has 1 aliphatic rings. The first-order valence-corrected chi connectivity index (χ1v) is 6.43. The number of rotatable bonds is 1. The lowest BCUT2D eigenvalue weighted by Crippen LogP contribution is -2.35. The standard InChI is InChI=1S/C17H16FNO/c1-17(16(20)19-2)10-8-13(9-11-17)6-7-14-4-3-5-15(18)12-14/h3-5,8-10,12H,11H2,1-2H3,(H,19,20). The van der Waals surface area contributed by atoms with Crippen LogP contribution in [0.4, 0.5) is 4.39 Å². The second-order valence-electron chi connectivity index (χ2n) is 4.95. The van der Waals surface area contributed by atoms with Crippen LogP contribution in [0.2, 0.25) is 0 Å². The van der Waals surface area contributed by atoms with Crippen molar-refractivity contribution >= 4 is 5.91 Å². The molecule has 0 heterocycles. The number of halogens is 1. The maximum atomic E-state index is 13.0. The van der Waals surface area contributed by atoms with Gasteiger partial charge in [-0.3, -0.25) is 4.79 Å². The average molecular weight is 269 g/mol. The maximum absolute atomic E-state index is 13.0. The second-order valence-corrected chi connectivity index (χ2v) is 4.95. The maximum Gasteiger partial charge on any atom is 0.229 e. The average Bonchev–Trinajstić information content (AvgIpc) is 2.46. The molecule has 1 amide bonds. The topological polar surface area (TPSA) is 29.1 Å². The molecule has 1 unspecified atom stereocenters. The zero-order valence-electron chi connectivity index (χ0n) is 11.5. The molecule has 2 nitrogen and oxygen atoms in total. The van der Waals surface area contributed by atoms with Gasteiger partial charge in [0.1, 0.15) is 5.82 Å². The second kappa shape index (κ2) is 5.75. The molecular formula is C17H16FNO. The zero-order valence-corrected chi connectivity index (χ0v) is 11.5. The number of benzene rings is 1. The first-order chi connectivity index (χ1) is 9.53. The predicted octanol–water partition coefficient (Wildman–Crippen LogP) is 2.82. The third-order valence-electron chi connectivity index (χ3n) is 3.30. The summed E-state index contributed by atoms with van der Waals surface area (Å²) < 4.78 is 13.0. The minimum Gasteiger partial charge on any atom is -0.358 e. The van der Waals surface area contributed by atoms with Gasteiger partial charge in [0.25, 0.3) is 0 Å². The zero-order chi connectivity index (χ0) is 14.6. The van der Waals surface area contributed by atoms with Gasteiger partial charge in [-0.1, -0.05) is 30.1 Å². The minimum atomic E-state index is -0.515. The van der Waals surface area contributed by atoms with Gasteiger partial charge in [-0.05, 0) is 37.6 Å². The number of allylic oxidation sites excluding steroid dienone is 3. The summed E-state index contributed by atoms with van der Waals surface area (Å²) in [6, 6.07) is 6.18. The molecule has 102 valence electrons. The Balaban J connectivity index is 2.12. The normalized spacial score (nSPS) is 20.6. The summed E-state index contributed by atoms with van der Waals surface area (Å²) in [7, 11) is 1.63. The SMILES string of the molecule is CNC(=O)C1(C)C=CC(C#Cc2cccc(F)c2)=CC1. The van der Waals surface area contributed by atoms with Crippen LogP contribution in [0, 0.1) is 23.1 Å². The fraction of sp³-hybridized carbons (Fsp3) is 0.235. The van der Waals surface area contributed by atoms with Crippen LogP contribution in [0.3, 0.4) is 0 Å². The molecule has 1 aliphatic carbocycles. The van der Waals surface area contributed by atoms with Crippen molar-refractivity contribution in [2.24, 2.45) is 5.41 Å². The van der Waals surface area contributed by atoms with E-state index in [-0.39, 0.29) is 11.7 Å². The lowest BCUT2D eigenvalue weighted by atomic mass is 9.81. The van der Waals surface area contributed by atoms with Crippen LogP contribution in [0.15, 0.2) is 48.1 Å². The van der Waals surface area contributed by atoms with Gasteiger partial charge < -0.3 is 5.32 Å². The lowest BCUT2D eigenvalue weighted by Gasteiger charge is -2.24. The van der Waals surface area contributed by atoms with E-state index in [1.807, 2.05) is 25.2 Å². The quantitative estimate of drug-likeness (QED) is 0.780. The van der Waals surface area contributed by atoms with E-state index in [1.54, 1.807) is 19.2 Å². The molecule has 0 aromatic heterocycles. The van der Waals surface area contributed by atoms with Crippen LogP contribution in [0.25, 0.3) is 0 Å². The first kappa shape index (κ1) is 14.1. The summed E-state index contributed by atoms with van der Waals surface area (Å²) in [5.41, 5.74) is 0.966. The highest BCUT2D eigenvalue weighted by Crippen LogP contribution is 2.29. The summed E-state index contributed by atoms with van der Waals surface area (Å²) in [5.74, 6) is 5.60. The molecule has 20 heavy (non-hydrogen) atoms. The molecule has 0 bridgehead atoms. The Morgan fingerprint density at radius 3 is 2.80 bits per heavy atom. The summed E-state index contributed by atoms with van der Waals surface area (Å²) in [5, 5.41) is 2.66. The number of carbonyl (C=O) groups is 1. The van der Waals surface area contributed by atoms with E-state index in [0.717, 1.165) is 5.57 Å². The van der Waals surface area contributed by atoms with Gasteiger partial charge in [0, 0.05) is 18.2 Å². The van der Waals surface area contributed by atoms with Gasteiger partial charge in [-0.25, -0.2) is 4.39 Å². The summed E-state index contributed by atoms with van der Waals surface area (Å²) in [4.78, 5) is 11.7. The highest BCUT2D eigenvalue weighted by Gasteiger charge is 2.29. The molecule has 2 rings (SSSR count). The van der Waals surface area contributed by atoms with E-state index >= 15 is 0 Å². The Labute approximate surface area is 118 Å². The number of amides is 1. The number of nitrogens with one attached hydrogen (secondary N) is 1. The molecule has 0 radical (unpaired) electrons. The monoisotopic (exact) mass is 269 g/mol. The van der Waals surface area contributed by atoms with Gasteiger partial charge in [0.15, 0.2) is 0 Å². The minimum absolute atomic E-state index is 0.0119. The van der Waals surface area contributed by atoms with E-state index in [1.165, 1.54) is 12.1 Å². The van der Waals surface area contributed by atoms with Crippen molar-refractivity contribution in [3.05, 3.63) is 59.4 Å². The Bertz CT molecular complexity index is 648. The van der Waals surface area contributed by atoms with Crippen LogP contribution < -0.4 is 5.32 Å². The predicted molar refractivity (Wildman–Crippen MR) is 77.3 cm³/mol. The largest absolute Gasteiger partial charge is 0.358 e. The molecule has 1 atom stereocenters. The molecule has 3 heteroatoms. The Hall–Kier alpha value is -2.34. The van der Waals surface area contributed by atoms with Crippen LogP contribution in [-0.4, -0.2) is 13.0 Å². The van der Waals surface area contributed by atoms with Gasteiger partial charge in [-0.2, -0.15) is 0 Å². The van der Waals surface area contributed by atoms with Gasteiger partial charge in [-0.15, -0.1) is 0 Å². The highest BCUT2D eigenvalue weighted by atomic mass is 19.1. The fourth-order valence-electron chi connectivity index (χ4n) is 1.99. The number of carbonyl (C=O) groups excluding carboxylic acids is 1. The van der Waals surface area contributed by atoms with Crippen LogP contribution in [0.5, 0.6) is 0 Å². The molecule has 0 aliphatic heterocycles. The van der Waals surface area contributed by atoms with Gasteiger partial charge in [0.05, 0.1) is 5.41 Å². The molecular weight excluding hydrogens is 253 g/mol. The van der Waals surface area contributed by atoms with Crippen molar-refractivity contribution < 1.29 is 9.18 Å². The highest BCUT2D eigenvalue weighted by molar-refractivity contribution is 5.84. The van der Waals surface area contributed by atoms with Crippen molar-refractivity contribution in [2.75, 3.05) is 7.05 Å². The third kappa shape index (κ3) is 3.16. The first-order valence-electron chi connectivity index (χ1n) is 6.43. The Morgan fingerprint density at radius 2 is 2.20 bits per heavy atom. The molecule has 1 aromatic rings. The van der Waals surface area contributed by atoms with Gasteiger partial charge >= 0.3 is 0 Å². The number of hydrogen-bond donors (Lipinski definition) is 1. The van der Waals surface area contributed by atoms with E-state index in [4.69, 9.17) is 0 Å². The third-order valence-corrected chi connectivity index (χ3v) is 3.30. The Kier molecular flexibility index (Phi) is 4.05. The van der Waals surface area contributed by atoms with Crippen LogP contribution in [0.1, 0.15) is 18.9 Å². The smallest absolute Gasteiger partial charge is 0.229 e. The van der Waals surface area contributed by atoms with Crippen molar-refractivity contribution in [3.8, 4) is 11.8 Å². The van der Waals surface area contributed by atoms with Crippen LogP contribution in [-0.2, 0) is 4.79 Å². The van der Waals surface area contributed by atoms with E-state index in [0.29, 0.717) is 12.0 Å². The Morgan fingerprint density at radius 1 is 1.40 bits per heavy atom. The van der Waals surface area contributed by atoms with Gasteiger partial charge in [0.2, 0.25) is 5.91 Å². The van der Waals surface area contributed by atoms with Crippen LogP contribution >= 0.6 is 0 Å². The van der Waals surface area contributed by atoms with E-state index in [9.17, 15) is 9.18 Å². The lowest BCUT2D eigenvalue weighted by molar-refractivity contribution is -0.127. The molecule has 1 aromatic carbocycles. The van der Waals surface area contributed by atoms with Crippen molar-refractivity contribution in [2.45, 2.75) is 13.3 Å². The molecule has 1 N–H and O–H groups in total. The molecule has 0 fully saturated rings. The number of hydrogen-bond acceptors (Lipinski definition) is 1. The molecule has 0 saturated carbocycles. The van der Waals surface area contributed by atoms with Crippen molar-refractivity contribution in [3.63, 3.8) is 0 Å². The summed E-state index contributed by atoms with van der Waals surface area (Å²) in [6.07, 6.45) is 6.24. The van der Waals surface area contributed by atoms with Crippen molar-refractivity contribution in [1.29, 1.82) is 0 Å². The fourth-order valence-corrected chi connectivity index (χ4v) is 1.99. The van der Waals surface area contributed by atoms with E-state index < -0.39 is 5.41 Å². The molecule has 0 spiro atoms.